The number of rotatable bonds is 3. The maximum absolute atomic E-state index is 5.51. The molecule has 1 fully saturated rings. The van der Waals surface area contributed by atoms with E-state index in [0.717, 1.165) is 37.4 Å². The summed E-state index contributed by atoms with van der Waals surface area (Å²) in [5.41, 5.74) is 0.966. The minimum absolute atomic E-state index is 0.0390. The van der Waals surface area contributed by atoms with Gasteiger partial charge >= 0.3 is 0 Å². The Morgan fingerprint density at radius 1 is 1.30 bits per heavy atom. The molecule has 0 amide bonds. The summed E-state index contributed by atoms with van der Waals surface area (Å²) in [5.74, 6) is 1.42. The van der Waals surface area contributed by atoms with Gasteiger partial charge in [-0.3, -0.25) is 0 Å². The van der Waals surface area contributed by atoms with E-state index in [4.69, 9.17) is 4.52 Å². The molecular formula is C15H19N3OS. The summed E-state index contributed by atoms with van der Waals surface area (Å²) in [6.45, 7) is 4.17. The molecule has 1 saturated heterocycles. The topological polar surface area (TPSA) is 51.0 Å². The Bertz CT molecular complexity index is 573. The highest BCUT2D eigenvalue weighted by atomic mass is 32.2. The molecule has 0 radical (unpaired) electrons. The summed E-state index contributed by atoms with van der Waals surface area (Å²) in [7, 11) is 0. The number of thioether (sulfide) groups is 1. The molecule has 20 heavy (non-hydrogen) atoms. The van der Waals surface area contributed by atoms with Gasteiger partial charge in [0.25, 0.3) is 0 Å². The van der Waals surface area contributed by atoms with Gasteiger partial charge in [-0.2, -0.15) is 4.98 Å². The van der Waals surface area contributed by atoms with E-state index in [1.54, 1.807) is 11.8 Å². The lowest BCUT2D eigenvalue weighted by Crippen LogP contribution is -2.41. The van der Waals surface area contributed by atoms with Gasteiger partial charge in [0.05, 0.1) is 5.41 Å². The first-order valence-electron chi connectivity index (χ1n) is 6.91. The highest BCUT2D eigenvalue weighted by Crippen LogP contribution is 2.31. The molecule has 1 aromatic heterocycles. The van der Waals surface area contributed by atoms with Crippen LogP contribution in [0.3, 0.4) is 0 Å². The molecule has 3 rings (SSSR count). The van der Waals surface area contributed by atoms with Crippen molar-refractivity contribution >= 4 is 11.8 Å². The average Bonchev–Trinajstić information content (AvgIpc) is 2.99. The fourth-order valence-electron chi connectivity index (χ4n) is 2.56. The van der Waals surface area contributed by atoms with Crippen LogP contribution in [0.1, 0.15) is 25.7 Å². The van der Waals surface area contributed by atoms with Crippen LogP contribution in [0, 0.1) is 0 Å². The minimum atomic E-state index is -0.0390. The third-order valence-corrected chi connectivity index (χ3v) is 4.63. The number of benzene rings is 1. The van der Waals surface area contributed by atoms with Gasteiger partial charge in [-0.25, -0.2) is 0 Å². The van der Waals surface area contributed by atoms with Gasteiger partial charge in [0, 0.05) is 17.0 Å². The van der Waals surface area contributed by atoms with Crippen molar-refractivity contribution in [2.24, 2.45) is 0 Å². The van der Waals surface area contributed by atoms with E-state index in [-0.39, 0.29) is 5.41 Å². The Labute approximate surface area is 123 Å². The molecule has 0 spiro atoms. The molecule has 5 heteroatoms. The fourth-order valence-corrected chi connectivity index (χ4v) is 2.97. The lowest BCUT2D eigenvalue weighted by molar-refractivity contribution is 0.245. The zero-order valence-corrected chi connectivity index (χ0v) is 12.7. The van der Waals surface area contributed by atoms with Crippen LogP contribution in [0.25, 0.3) is 11.4 Å². The third kappa shape index (κ3) is 2.60. The summed E-state index contributed by atoms with van der Waals surface area (Å²) >= 11 is 1.73. The first-order chi connectivity index (χ1) is 9.71. The zero-order valence-electron chi connectivity index (χ0n) is 11.8. The second kappa shape index (κ2) is 5.58. The van der Waals surface area contributed by atoms with Crippen molar-refractivity contribution in [3.8, 4) is 11.4 Å². The normalized spacial score (nSPS) is 22.9. The Balaban J connectivity index is 1.85. The van der Waals surface area contributed by atoms with Crippen molar-refractivity contribution in [1.29, 1.82) is 0 Å². The zero-order chi connectivity index (χ0) is 14.0. The second-order valence-corrected chi connectivity index (χ2v) is 6.37. The number of hydrogen-bond acceptors (Lipinski definition) is 5. The lowest BCUT2D eigenvalue weighted by atomic mass is 9.83. The predicted molar refractivity (Wildman–Crippen MR) is 81.0 cm³/mol. The molecule has 106 valence electrons. The highest BCUT2D eigenvalue weighted by Gasteiger charge is 2.34. The molecule has 1 unspecified atom stereocenters. The van der Waals surface area contributed by atoms with Gasteiger partial charge < -0.3 is 9.84 Å². The molecule has 1 aliphatic rings. The van der Waals surface area contributed by atoms with Gasteiger partial charge in [0.15, 0.2) is 0 Å². The van der Waals surface area contributed by atoms with E-state index in [0.29, 0.717) is 5.82 Å². The molecule has 0 bridgehead atoms. The molecule has 0 saturated carbocycles. The van der Waals surface area contributed by atoms with E-state index >= 15 is 0 Å². The molecule has 2 aromatic rings. The average molecular weight is 289 g/mol. The largest absolute Gasteiger partial charge is 0.338 e. The van der Waals surface area contributed by atoms with Crippen molar-refractivity contribution in [3.05, 3.63) is 30.2 Å². The van der Waals surface area contributed by atoms with E-state index in [1.807, 2.05) is 12.1 Å². The Morgan fingerprint density at radius 3 is 2.75 bits per heavy atom. The van der Waals surface area contributed by atoms with Crippen molar-refractivity contribution in [2.45, 2.75) is 30.1 Å². The Kier molecular flexibility index (Phi) is 3.81. The highest BCUT2D eigenvalue weighted by molar-refractivity contribution is 7.98. The predicted octanol–water partition coefficient (Wildman–Crippen LogP) is 3.10. The van der Waals surface area contributed by atoms with Crippen molar-refractivity contribution in [1.82, 2.24) is 15.5 Å². The summed E-state index contributed by atoms with van der Waals surface area (Å²) in [5, 5.41) is 7.55. The molecular weight excluding hydrogens is 270 g/mol. The number of piperidine rings is 1. The number of hydrogen-bond donors (Lipinski definition) is 1. The quantitative estimate of drug-likeness (QED) is 0.880. The Morgan fingerprint density at radius 2 is 2.10 bits per heavy atom. The van der Waals surface area contributed by atoms with Crippen LogP contribution >= 0.6 is 11.8 Å². The van der Waals surface area contributed by atoms with Crippen LogP contribution in [0.15, 0.2) is 33.7 Å². The van der Waals surface area contributed by atoms with Crippen molar-refractivity contribution < 1.29 is 4.52 Å². The van der Waals surface area contributed by atoms with Gasteiger partial charge in [-0.1, -0.05) is 5.16 Å². The minimum Gasteiger partial charge on any atom is -0.338 e. The summed E-state index contributed by atoms with van der Waals surface area (Å²) in [6.07, 6.45) is 4.31. The molecule has 1 atom stereocenters. The summed E-state index contributed by atoms with van der Waals surface area (Å²) in [4.78, 5) is 5.84. The smallest absolute Gasteiger partial charge is 0.234 e. The third-order valence-electron chi connectivity index (χ3n) is 3.89. The van der Waals surface area contributed by atoms with Crippen molar-refractivity contribution in [2.75, 3.05) is 19.3 Å². The maximum atomic E-state index is 5.51. The molecule has 1 N–H and O–H groups in total. The number of nitrogens with one attached hydrogen (secondary N) is 1. The summed E-state index contributed by atoms with van der Waals surface area (Å²) in [6, 6.07) is 8.25. The lowest BCUT2D eigenvalue weighted by Gasteiger charge is -2.30. The first-order valence-corrected chi connectivity index (χ1v) is 8.13. The van der Waals surface area contributed by atoms with Crippen LogP contribution < -0.4 is 5.32 Å². The van der Waals surface area contributed by atoms with Crippen LogP contribution in [0.5, 0.6) is 0 Å². The van der Waals surface area contributed by atoms with Crippen molar-refractivity contribution in [3.63, 3.8) is 0 Å². The van der Waals surface area contributed by atoms with E-state index in [1.165, 1.54) is 4.90 Å². The second-order valence-electron chi connectivity index (χ2n) is 5.49. The van der Waals surface area contributed by atoms with Crippen LogP contribution in [0.2, 0.25) is 0 Å². The molecule has 1 aliphatic heterocycles. The van der Waals surface area contributed by atoms with E-state index < -0.39 is 0 Å². The van der Waals surface area contributed by atoms with Gasteiger partial charge in [0.2, 0.25) is 11.7 Å². The summed E-state index contributed by atoms with van der Waals surface area (Å²) < 4.78 is 5.51. The Hall–Kier alpha value is -1.33. The number of aromatic nitrogens is 2. The SMILES string of the molecule is CSc1ccc(-c2noc(C3(C)CCCNC3)n2)cc1. The van der Waals surface area contributed by atoms with Crippen LogP contribution in [0.4, 0.5) is 0 Å². The van der Waals surface area contributed by atoms with Crippen LogP contribution in [-0.2, 0) is 5.41 Å². The van der Waals surface area contributed by atoms with Gasteiger partial charge in [0.1, 0.15) is 0 Å². The number of nitrogens with zero attached hydrogens (tertiary/aromatic N) is 2. The maximum Gasteiger partial charge on any atom is 0.234 e. The molecule has 4 nitrogen and oxygen atoms in total. The molecule has 2 heterocycles. The van der Waals surface area contributed by atoms with E-state index in [2.05, 4.69) is 40.8 Å². The van der Waals surface area contributed by atoms with Gasteiger partial charge in [-0.15, -0.1) is 11.8 Å². The standard InChI is InChI=1S/C15H19N3OS/c1-15(8-3-9-16-10-15)14-17-13(18-19-14)11-4-6-12(20-2)7-5-11/h4-7,16H,3,8-10H2,1-2H3. The molecule has 0 aliphatic carbocycles. The molecule has 1 aromatic carbocycles. The fraction of sp³-hybridized carbons (Fsp3) is 0.467. The monoisotopic (exact) mass is 289 g/mol. The first kappa shape index (κ1) is 13.6. The van der Waals surface area contributed by atoms with Gasteiger partial charge in [-0.05, 0) is 56.8 Å². The van der Waals surface area contributed by atoms with Crippen LogP contribution in [-0.4, -0.2) is 29.5 Å². The van der Waals surface area contributed by atoms with E-state index in [9.17, 15) is 0 Å².